The summed E-state index contributed by atoms with van der Waals surface area (Å²) in [5, 5.41) is 6.87. The second-order valence-electron chi connectivity index (χ2n) is 7.53. The Morgan fingerprint density at radius 3 is 2.50 bits per heavy atom. The van der Waals surface area contributed by atoms with Crippen LogP contribution < -0.4 is 15.4 Å². The summed E-state index contributed by atoms with van der Waals surface area (Å²) in [6.07, 6.45) is 0.259. The fraction of sp³-hybridized carbons (Fsp3) is 0.381. The lowest BCUT2D eigenvalue weighted by molar-refractivity contribution is -0.134. The summed E-state index contributed by atoms with van der Waals surface area (Å²) in [6, 6.07) is 4.16. The Morgan fingerprint density at radius 1 is 1.22 bits per heavy atom. The molecule has 0 bridgehead atoms. The maximum absolute atomic E-state index is 13.1. The van der Waals surface area contributed by atoms with Gasteiger partial charge in [0.05, 0.1) is 14.2 Å². The van der Waals surface area contributed by atoms with E-state index in [0.29, 0.717) is 11.3 Å². The van der Waals surface area contributed by atoms with E-state index in [4.69, 9.17) is 4.74 Å². The first-order valence-corrected chi connectivity index (χ1v) is 10.7. The second-order valence-corrected chi connectivity index (χ2v) is 8.39. The zero-order chi connectivity index (χ0) is 23.4. The van der Waals surface area contributed by atoms with Crippen molar-refractivity contribution in [3.63, 3.8) is 0 Å². The van der Waals surface area contributed by atoms with E-state index < -0.39 is 35.9 Å². The van der Waals surface area contributed by atoms with E-state index in [1.807, 2.05) is 13.8 Å². The van der Waals surface area contributed by atoms with Crippen LogP contribution in [0.15, 0.2) is 29.6 Å². The molecule has 3 rings (SSSR count). The summed E-state index contributed by atoms with van der Waals surface area (Å²) >= 11 is 1.04. The van der Waals surface area contributed by atoms with Crippen LogP contribution in [0.25, 0.3) is 0 Å². The Morgan fingerprint density at radius 2 is 1.91 bits per heavy atom. The molecule has 1 aliphatic rings. The first-order valence-electron chi connectivity index (χ1n) is 9.87. The second kappa shape index (κ2) is 9.77. The Kier molecular flexibility index (Phi) is 7.08. The van der Waals surface area contributed by atoms with Crippen molar-refractivity contribution in [2.24, 2.45) is 5.92 Å². The van der Waals surface area contributed by atoms with Gasteiger partial charge in [0, 0.05) is 5.38 Å². The molecule has 1 fully saturated rings. The largest absolute Gasteiger partial charge is 0.497 e. The minimum atomic E-state index is -1.05. The highest BCUT2D eigenvalue weighted by Crippen LogP contribution is 2.28. The average molecular weight is 461 g/mol. The van der Waals surface area contributed by atoms with Gasteiger partial charge < -0.3 is 20.1 Å². The summed E-state index contributed by atoms with van der Waals surface area (Å²) in [7, 11) is 2.76. The number of nitrogens with one attached hydrogen (secondary N) is 2. The van der Waals surface area contributed by atoms with Gasteiger partial charge in [0.1, 0.15) is 17.8 Å². The van der Waals surface area contributed by atoms with Crippen LogP contribution in [0.3, 0.4) is 0 Å². The summed E-state index contributed by atoms with van der Waals surface area (Å²) in [5.41, 5.74) is 0.640. The number of aromatic nitrogens is 1. The van der Waals surface area contributed by atoms with Crippen LogP contribution in [-0.2, 0) is 14.3 Å². The Balaban J connectivity index is 1.81. The molecule has 1 unspecified atom stereocenters. The molecule has 2 N–H and O–H groups in total. The number of rotatable bonds is 8. The highest BCUT2D eigenvalue weighted by molar-refractivity contribution is 7.14. The van der Waals surface area contributed by atoms with Crippen molar-refractivity contribution in [1.82, 2.24) is 15.2 Å². The molecule has 0 spiro atoms. The van der Waals surface area contributed by atoms with Gasteiger partial charge in [-0.2, -0.15) is 0 Å². The van der Waals surface area contributed by atoms with Gasteiger partial charge in [-0.25, -0.2) is 19.5 Å². The third-order valence-corrected chi connectivity index (χ3v) is 5.62. The number of urea groups is 1. The molecule has 1 saturated heterocycles. The van der Waals surface area contributed by atoms with Crippen molar-refractivity contribution in [2.45, 2.75) is 32.4 Å². The van der Waals surface area contributed by atoms with Gasteiger partial charge in [-0.1, -0.05) is 26.0 Å². The normalized spacial score (nSPS) is 16.7. The van der Waals surface area contributed by atoms with Gasteiger partial charge in [-0.3, -0.25) is 9.59 Å². The fourth-order valence-corrected chi connectivity index (χ4v) is 3.99. The number of anilines is 1. The van der Waals surface area contributed by atoms with Gasteiger partial charge in [-0.15, -0.1) is 11.3 Å². The number of amides is 4. The molecule has 1 aromatic carbocycles. The van der Waals surface area contributed by atoms with Crippen LogP contribution in [0.5, 0.6) is 5.75 Å². The van der Waals surface area contributed by atoms with E-state index >= 15 is 0 Å². The predicted molar refractivity (Wildman–Crippen MR) is 116 cm³/mol. The van der Waals surface area contributed by atoms with Crippen molar-refractivity contribution < 1.29 is 28.7 Å². The Hall–Kier alpha value is -3.47. The monoisotopic (exact) mass is 460 g/mol. The topological polar surface area (TPSA) is 127 Å². The van der Waals surface area contributed by atoms with E-state index in [-0.39, 0.29) is 23.2 Å². The molecular formula is C21H24N4O6S. The number of carbonyl (C=O) groups excluding carboxylic acids is 4. The number of thiazole rings is 1. The van der Waals surface area contributed by atoms with E-state index in [2.05, 4.69) is 20.4 Å². The Labute approximate surface area is 188 Å². The molecule has 2 atom stereocenters. The summed E-state index contributed by atoms with van der Waals surface area (Å²) < 4.78 is 9.74. The minimum absolute atomic E-state index is 0.0216. The van der Waals surface area contributed by atoms with Gasteiger partial charge >= 0.3 is 12.0 Å². The van der Waals surface area contributed by atoms with Gasteiger partial charge in [0.15, 0.2) is 10.8 Å². The van der Waals surface area contributed by atoms with Crippen LogP contribution in [0.4, 0.5) is 9.93 Å². The van der Waals surface area contributed by atoms with Crippen molar-refractivity contribution in [2.75, 3.05) is 19.5 Å². The van der Waals surface area contributed by atoms with E-state index in [9.17, 15) is 19.2 Å². The molecular weight excluding hydrogens is 436 g/mol. The predicted octanol–water partition coefficient (Wildman–Crippen LogP) is 2.58. The fourth-order valence-electron chi connectivity index (χ4n) is 3.31. The first-order chi connectivity index (χ1) is 15.2. The number of carbonyl (C=O) groups is 4. The van der Waals surface area contributed by atoms with E-state index in [1.165, 1.54) is 19.6 Å². The third-order valence-electron chi connectivity index (χ3n) is 4.86. The standard InChI is InChI=1S/C21H24N4O6S/c1-11(2)9-15(17(26)24-20-22-14(10-32-20)19(28)31-4)25-18(27)16(23-21(25)29)12-5-7-13(30-3)8-6-12/h5-8,10-11,15-16H,9H2,1-4H3,(H,23,29)(H,22,24,26)/t15-,16?/m0/s1. The number of imide groups is 1. The number of ether oxygens (including phenoxy) is 2. The molecule has 0 saturated carbocycles. The van der Waals surface area contributed by atoms with E-state index in [1.54, 1.807) is 24.3 Å². The molecule has 0 aliphatic carbocycles. The third kappa shape index (κ3) is 4.88. The van der Waals surface area contributed by atoms with Crippen molar-refractivity contribution >= 4 is 40.3 Å². The molecule has 0 radical (unpaired) electrons. The van der Waals surface area contributed by atoms with Crippen LogP contribution in [-0.4, -0.2) is 54.0 Å². The lowest BCUT2D eigenvalue weighted by Crippen LogP contribution is -2.48. The number of methoxy groups -OCH3 is 2. The number of benzene rings is 1. The molecule has 11 heteroatoms. The van der Waals surface area contributed by atoms with Crippen molar-refractivity contribution in [3.8, 4) is 5.75 Å². The van der Waals surface area contributed by atoms with Gasteiger partial charge in [-0.05, 0) is 30.0 Å². The molecule has 10 nitrogen and oxygen atoms in total. The highest BCUT2D eigenvalue weighted by Gasteiger charge is 2.45. The molecule has 32 heavy (non-hydrogen) atoms. The lowest BCUT2D eigenvalue weighted by atomic mass is 10.0. The van der Waals surface area contributed by atoms with Crippen molar-refractivity contribution in [1.29, 1.82) is 0 Å². The maximum atomic E-state index is 13.1. The molecule has 4 amide bonds. The molecule has 170 valence electrons. The Bertz CT molecular complexity index is 1020. The minimum Gasteiger partial charge on any atom is -0.497 e. The number of nitrogens with zero attached hydrogens (tertiary/aromatic N) is 2. The van der Waals surface area contributed by atoms with Crippen molar-refractivity contribution in [3.05, 3.63) is 40.9 Å². The summed E-state index contributed by atoms with van der Waals surface area (Å²) in [4.78, 5) is 55.5. The van der Waals surface area contributed by atoms with Crippen LogP contribution >= 0.6 is 11.3 Å². The number of esters is 1. The summed E-state index contributed by atoms with van der Waals surface area (Å²) in [6.45, 7) is 3.77. The molecule has 2 aromatic rings. The van der Waals surface area contributed by atoms with E-state index in [0.717, 1.165) is 16.2 Å². The van der Waals surface area contributed by atoms with Crippen LogP contribution in [0, 0.1) is 5.92 Å². The maximum Gasteiger partial charge on any atom is 0.357 e. The van der Waals surface area contributed by atoms with Gasteiger partial charge in [0.2, 0.25) is 5.91 Å². The zero-order valence-electron chi connectivity index (χ0n) is 18.1. The molecule has 1 aliphatic heterocycles. The summed E-state index contributed by atoms with van der Waals surface area (Å²) in [5.74, 6) is -1.07. The lowest BCUT2D eigenvalue weighted by Gasteiger charge is -2.25. The number of hydrogen-bond acceptors (Lipinski definition) is 8. The molecule has 2 heterocycles. The molecule has 1 aromatic heterocycles. The number of hydrogen-bond donors (Lipinski definition) is 2. The smallest absolute Gasteiger partial charge is 0.357 e. The quantitative estimate of drug-likeness (QED) is 0.458. The first kappa shape index (κ1) is 23.2. The average Bonchev–Trinajstić information content (AvgIpc) is 3.35. The SMILES string of the molecule is COC(=O)c1csc(NC(=O)[C@H](CC(C)C)N2C(=O)NC(c3ccc(OC)cc3)C2=O)n1. The highest BCUT2D eigenvalue weighted by atomic mass is 32.1. The van der Waals surface area contributed by atoms with Crippen LogP contribution in [0.1, 0.15) is 42.4 Å². The zero-order valence-corrected chi connectivity index (χ0v) is 18.9. The van der Waals surface area contributed by atoms with Crippen LogP contribution in [0.2, 0.25) is 0 Å². The van der Waals surface area contributed by atoms with Gasteiger partial charge in [0.25, 0.3) is 5.91 Å².